The fraction of sp³-hybridized carbons (Fsp3) is 0.417. The summed E-state index contributed by atoms with van der Waals surface area (Å²) in [7, 11) is 0. The summed E-state index contributed by atoms with van der Waals surface area (Å²) in [6.07, 6.45) is 3.70. The Balaban J connectivity index is 2.03. The molecule has 1 aromatic heterocycles. The summed E-state index contributed by atoms with van der Waals surface area (Å²) < 4.78 is 14.1. The predicted octanol–water partition coefficient (Wildman–Crippen LogP) is 4.08. The maximum absolute atomic E-state index is 13.2. The van der Waals surface area contributed by atoms with Gasteiger partial charge in [0.25, 0.3) is 0 Å². The lowest BCUT2D eigenvalue weighted by molar-refractivity contribution is 0.577. The molecule has 0 N–H and O–H groups in total. The molecule has 0 unspecified atom stereocenters. The Morgan fingerprint density at radius 3 is 2.76 bits per heavy atom. The lowest BCUT2D eigenvalue weighted by Gasteiger charge is -2.25. The van der Waals surface area contributed by atoms with Crippen LogP contribution in [0.15, 0.2) is 12.1 Å². The highest BCUT2D eigenvalue weighted by Gasteiger charge is 2.16. The van der Waals surface area contributed by atoms with Gasteiger partial charge in [-0.3, -0.25) is 0 Å². The number of aromatic nitrogens is 1. The van der Waals surface area contributed by atoms with Crippen molar-refractivity contribution < 1.29 is 4.39 Å². The van der Waals surface area contributed by atoms with E-state index in [-0.39, 0.29) is 5.82 Å². The van der Waals surface area contributed by atoms with E-state index in [1.165, 1.54) is 42.7 Å². The minimum atomic E-state index is -0.295. The summed E-state index contributed by atoms with van der Waals surface area (Å²) in [4.78, 5) is 6.79. The normalized spacial score (nSPS) is 16.7. The molecule has 2 heterocycles. The molecule has 1 saturated heterocycles. The summed E-state index contributed by atoms with van der Waals surface area (Å²) in [6, 6.07) is 2.83. The first-order valence-electron chi connectivity index (χ1n) is 5.74. The zero-order chi connectivity index (χ0) is 11.8. The zero-order valence-electron chi connectivity index (χ0n) is 9.25. The molecule has 2 aromatic rings. The lowest BCUT2D eigenvalue weighted by atomic mass is 10.1. The summed E-state index contributed by atoms with van der Waals surface area (Å²) in [6.45, 7) is 2.08. The molecular weight excluding hydrogens is 259 g/mol. The molecule has 3 rings (SSSR count). The van der Waals surface area contributed by atoms with Crippen molar-refractivity contribution in [3.63, 3.8) is 0 Å². The third kappa shape index (κ3) is 2.11. The summed E-state index contributed by atoms with van der Waals surface area (Å²) >= 11 is 7.52. The third-order valence-electron chi connectivity index (χ3n) is 3.03. The number of nitrogens with zero attached hydrogens (tertiary/aromatic N) is 2. The van der Waals surface area contributed by atoms with E-state index in [2.05, 4.69) is 9.88 Å². The second kappa shape index (κ2) is 4.42. The largest absolute Gasteiger partial charge is 0.348 e. The van der Waals surface area contributed by atoms with Crippen molar-refractivity contribution in [2.75, 3.05) is 18.0 Å². The molecule has 0 amide bonds. The molecule has 0 radical (unpaired) electrons. The number of thiazole rings is 1. The smallest absolute Gasteiger partial charge is 0.186 e. The molecule has 0 saturated carbocycles. The van der Waals surface area contributed by atoms with Gasteiger partial charge in [0, 0.05) is 13.1 Å². The van der Waals surface area contributed by atoms with Crippen LogP contribution in [0.4, 0.5) is 9.52 Å². The molecule has 1 fully saturated rings. The number of fused-ring (bicyclic) bond motifs is 1. The highest BCUT2D eigenvalue weighted by atomic mass is 35.5. The maximum Gasteiger partial charge on any atom is 0.186 e. The summed E-state index contributed by atoms with van der Waals surface area (Å²) in [5.41, 5.74) is 0.721. The van der Waals surface area contributed by atoms with Gasteiger partial charge in [-0.15, -0.1) is 0 Å². The van der Waals surface area contributed by atoms with E-state index < -0.39 is 0 Å². The number of piperidine rings is 1. The van der Waals surface area contributed by atoms with Gasteiger partial charge < -0.3 is 4.90 Å². The van der Waals surface area contributed by atoms with E-state index >= 15 is 0 Å². The van der Waals surface area contributed by atoms with Gasteiger partial charge in [-0.25, -0.2) is 9.37 Å². The average molecular weight is 271 g/mol. The van der Waals surface area contributed by atoms with Gasteiger partial charge in [0.15, 0.2) is 5.13 Å². The molecule has 17 heavy (non-hydrogen) atoms. The number of hydrogen-bond donors (Lipinski definition) is 0. The van der Waals surface area contributed by atoms with Crippen LogP contribution in [0.5, 0.6) is 0 Å². The van der Waals surface area contributed by atoms with Crippen LogP contribution in [0.25, 0.3) is 10.2 Å². The first-order chi connectivity index (χ1) is 8.24. The van der Waals surface area contributed by atoms with Gasteiger partial charge in [0.1, 0.15) is 11.3 Å². The molecule has 2 nitrogen and oxygen atoms in total. The van der Waals surface area contributed by atoms with E-state index in [1.807, 2.05) is 0 Å². The van der Waals surface area contributed by atoms with Gasteiger partial charge in [-0.05, 0) is 31.4 Å². The van der Waals surface area contributed by atoms with E-state index in [0.29, 0.717) is 5.02 Å². The summed E-state index contributed by atoms with van der Waals surface area (Å²) in [5, 5.41) is 1.37. The molecule has 1 aromatic carbocycles. The van der Waals surface area contributed by atoms with E-state index in [0.717, 1.165) is 28.4 Å². The zero-order valence-corrected chi connectivity index (χ0v) is 10.8. The Morgan fingerprint density at radius 2 is 2.00 bits per heavy atom. The van der Waals surface area contributed by atoms with Crippen molar-refractivity contribution in [3.05, 3.63) is 23.0 Å². The van der Waals surface area contributed by atoms with Gasteiger partial charge in [-0.1, -0.05) is 22.9 Å². The fourth-order valence-corrected chi connectivity index (χ4v) is 3.54. The number of anilines is 1. The van der Waals surface area contributed by atoms with Crippen molar-refractivity contribution in [3.8, 4) is 0 Å². The molecular formula is C12H12ClFN2S. The lowest BCUT2D eigenvalue weighted by Crippen LogP contribution is -2.29. The van der Waals surface area contributed by atoms with Crippen molar-refractivity contribution in [2.45, 2.75) is 19.3 Å². The number of hydrogen-bond acceptors (Lipinski definition) is 3. The van der Waals surface area contributed by atoms with Crippen molar-refractivity contribution in [1.29, 1.82) is 0 Å². The van der Waals surface area contributed by atoms with Crippen LogP contribution in [0.3, 0.4) is 0 Å². The van der Waals surface area contributed by atoms with Gasteiger partial charge in [0.2, 0.25) is 0 Å². The molecule has 5 heteroatoms. The number of halogens is 2. The Kier molecular flexibility index (Phi) is 2.92. The van der Waals surface area contributed by atoms with Gasteiger partial charge >= 0.3 is 0 Å². The Labute approximate surface area is 108 Å². The van der Waals surface area contributed by atoms with Crippen LogP contribution in [0, 0.1) is 5.82 Å². The Morgan fingerprint density at radius 1 is 1.24 bits per heavy atom. The van der Waals surface area contributed by atoms with Crippen LogP contribution < -0.4 is 4.90 Å². The second-order valence-electron chi connectivity index (χ2n) is 4.28. The minimum absolute atomic E-state index is 0.295. The Hall–Kier alpha value is -0.870. The maximum atomic E-state index is 13.2. The fourth-order valence-electron chi connectivity index (χ4n) is 2.17. The van der Waals surface area contributed by atoms with Crippen molar-refractivity contribution in [1.82, 2.24) is 4.98 Å². The van der Waals surface area contributed by atoms with Crippen LogP contribution in [0.1, 0.15) is 19.3 Å². The standard InChI is InChI=1S/C12H12ClFN2S/c13-9-6-8(14)7-10-11(9)15-12(17-10)16-4-2-1-3-5-16/h6-7H,1-5H2. The van der Waals surface area contributed by atoms with Crippen molar-refractivity contribution in [2.24, 2.45) is 0 Å². The molecule has 0 bridgehead atoms. The van der Waals surface area contributed by atoms with E-state index in [4.69, 9.17) is 11.6 Å². The highest BCUT2D eigenvalue weighted by molar-refractivity contribution is 7.22. The average Bonchev–Trinajstić information content (AvgIpc) is 2.74. The topological polar surface area (TPSA) is 16.1 Å². The van der Waals surface area contributed by atoms with Crippen LogP contribution in [0.2, 0.25) is 5.02 Å². The van der Waals surface area contributed by atoms with Crippen molar-refractivity contribution >= 4 is 38.3 Å². The molecule has 0 spiro atoms. The van der Waals surface area contributed by atoms with E-state index in [1.54, 1.807) is 0 Å². The monoisotopic (exact) mass is 270 g/mol. The highest BCUT2D eigenvalue weighted by Crippen LogP contribution is 2.34. The molecule has 1 aliphatic heterocycles. The van der Waals surface area contributed by atoms with Crippen LogP contribution in [-0.2, 0) is 0 Å². The second-order valence-corrected chi connectivity index (χ2v) is 5.69. The SMILES string of the molecule is Fc1cc(Cl)c2nc(N3CCCCC3)sc2c1. The number of rotatable bonds is 1. The molecule has 90 valence electrons. The first kappa shape index (κ1) is 11.2. The Bertz CT molecular complexity index is 549. The van der Waals surface area contributed by atoms with Crippen LogP contribution in [-0.4, -0.2) is 18.1 Å². The van der Waals surface area contributed by atoms with E-state index in [9.17, 15) is 4.39 Å². The number of benzene rings is 1. The minimum Gasteiger partial charge on any atom is -0.348 e. The summed E-state index contributed by atoms with van der Waals surface area (Å²) in [5.74, 6) is -0.295. The predicted molar refractivity (Wildman–Crippen MR) is 70.7 cm³/mol. The van der Waals surface area contributed by atoms with Gasteiger partial charge in [0.05, 0.1) is 9.72 Å². The molecule has 0 aliphatic carbocycles. The first-order valence-corrected chi connectivity index (χ1v) is 6.94. The molecule has 1 aliphatic rings. The quantitative estimate of drug-likeness (QED) is 0.776. The molecule has 0 atom stereocenters. The third-order valence-corrected chi connectivity index (χ3v) is 4.38. The van der Waals surface area contributed by atoms with Gasteiger partial charge in [-0.2, -0.15) is 0 Å². The van der Waals surface area contributed by atoms with Crippen LogP contribution >= 0.6 is 22.9 Å².